The van der Waals surface area contributed by atoms with Crippen molar-refractivity contribution < 1.29 is 9.53 Å². The number of nitrogens with one attached hydrogen (secondary N) is 2. The maximum atomic E-state index is 11.9. The highest BCUT2D eigenvalue weighted by atomic mass is 16.5. The molecule has 1 aromatic heterocycles. The Morgan fingerprint density at radius 2 is 2.41 bits per heavy atom. The van der Waals surface area contributed by atoms with Crippen LogP contribution in [0.25, 0.3) is 0 Å². The van der Waals surface area contributed by atoms with Gasteiger partial charge in [0, 0.05) is 25.0 Å². The molecule has 0 aliphatic carbocycles. The molecule has 1 heterocycles. The first-order chi connectivity index (χ1) is 8.19. The van der Waals surface area contributed by atoms with E-state index in [-0.39, 0.29) is 11.9 Å². The van der Waals surface area contributed by atoms with Crippen LogP contribution < -0.4 is 16.6 Å². The Balaban J connectivity index is 2.63. The second-order valence-electron chi connectivity index (χ2n) is 3.60. The molecule has 0 aliphatic heterocycles. The molecule has 1 unspecified atom stereocenters. The van der Waals surface area contributed by atoms with Gasteiger partial charge in [0.25, 0.3) is 5.91 Å². The van der Waals surface area contributed by atoms with Crippen LogP contribution in [-0.2, 0) is 4.74 Å². The van der Waals surface area contributed by atoms with Crippen molar-refractivity contribution in [2.45, 2.75) is 19.9 Å². The Morgan fingerprint density at radius 1 is 1.65 bits per heavy atom. The molecule has 1 amide bonds. The molecule has 6 heteroatoms. The normalized spacial score (nSPS) is 11.9. The van der Waals surface area contributed by atoms with Gasteiger partial charge in [-0.25, -0.2) is 0 Å². The molecule has 0 aromatic carbocycles. The molecule has 0 saturated carbocycles. The van der Waals surface area contributed by atoms with Gasteiger partial charge in [0.05, 0.1) is 17.9 Å². The standard InChI is InChI=1S/C11H18N4O2/c1-3-17-7-8(2)14-11(16)9-6-13-5-4-10(9)15-12/h4-6,8H,3,7,12H2,1-2H3,(H,13,15)(H,14,16). The van der Waals surface area contributed by atoms with Crippen LogP contribution in [0.5, 0.6) is 0 Å². The van der Waals surface area contributed by atoms with Crippen molar-refractivity contribution >= 4 is 11.6 Å². The minimum Gasteiger partial charge on any atom is -0.380 e. The molecule has 0 bridgehead atoms. The van der Waals surface area contributed by atoms with Crippen LogP contribution in [-0.4, -0.2) is 30.1 Å². The smallest absolute Gasteiger partial charge is 0.255 e. The molecule has 0 saturated heterocycles. The predicted octanol–water partition coefficient (Wildman–Crippen LogP) is 0.522. The minimum absolute atomic E-state index is 0.0618. The quantitative estimate of drug-likeness (QED) is 0.496. The molecule has 17 heavy (non-hydrogen) atoms. The fraction of sp³-hybridized carbons (Fsp3) is 0.455. The van der Waals surface area contributed by atoms with Crippen molar-refractivity contribution in [3.63, 3.8) is 0 Å². The third-order valence-electron chi connectivity index (χ3n) is 2.17. The van der Waals surface area contributed by atoms with E-state index in [0.717, 1.165) is 0 Å². The SMILES string of the molecule is CCOCC(C)NC(=O)c1cnccc1NN. The van der Waals surface area contributed by atoms with Gasteiger partial charge in [-0.15, -0.1) is 0 Å². The fourth-order valence-corrected chi connectivity index (χ4v) is 1.34. The average molecular weight is 238 g/mol. The zero-order valence-electron chi connectivity index (χ0n) is 10.1. The molecule has 0 aliphatic rings. The van der Waals surface area contributed by atoms with Crippen LogP contribution >= 0.6 is 0 Å². The van der Waals surface area contributed by atoms with Gasteiger partial charge >= 0.3 is 0 Å². The average Bonchev–Trinajstić information content (AvgIpc) is 2.36. The molecule has 0 spiro atoms. The number of anilines is 1. The van der Waals surface area contributed by atoms with Crippen molar-refractivity contribution in [1.82, 2.24) is 10.3 Å². The third-order valence-corrected chi connectivity index (χ3v) is 2.17. The number of nitrogens with two attached hydrogens (primary N) is 1. The number of nitrogens with zero attached hydrogens (tertiary/aromatic N) is 1. The third kappa shape index (κ3) is 4.01. The van der Waals surface area contributed by atoms with Crippen molar-refractivity contribution in [3.05, 3.63) is 24.0 Å². The lowest BCUT2D eigenvalue weighted by Gasteiger charge is -2.14. The van der Waals surface area contributed by atoms with Gasteiger partial charge in [0.1, 0.15) is 0 Å². The Labute approximate surface area is 101 Å². The Kier molecular flexibility index (Phi) is 5.38. The van der Waals surface area contributed by atoms with Crippen molar-refractivity contribution in [2.75, 3.05) is 18.6 Å². The Bertz CT molecular complexity index is 370. The van der Waals surface area contributed by atoms with Crippen LogP contribution in [0, 0.1) is 0 Å². The topological polar surface area (TPSA) is 89.3 Å². The molecule has 1 rings (SSSR count). The summed E-state index contributed by atoms with van der Waals surface area (Å²) >= 11 is 0. The zero-order valence-corrected chi connectivity index (χ0v) is 10.1. The maximum absolute atomic E-state index is 11.9. The number of hydrogen-bond donors (Lipinski definition) is 3. The Morgan fingerprint density at radius 3 is 3.06 bits per heavy atom. The number of amides is 1. The number of nitrogen functional groups attached to an aromatic ring is 1. The number of pyridine rings is 1. The van der Waals surface area contributed by atoms with E-state index in [4.69, 9.17) is 10.6 Å². The number of hydrogen-bond acceptors (Lipinski definition) is 5. The van der Waals surface area contributed by atoms with Crippen LogP contribution in [0.2, 0.25) is 0 Å². The lowest BCUT2D eigenvalue weighted by atomic mass is 10.2. The van der Waals surface area contributed by atoms with E-state index in [2.05, 4.69) is 15.7 Å². The molecule has 6 nitrogen and oxygen atoms in total. The van der Waals surface area contributed by atoms with Gasteiger partial charge in [-0.05, 0) is 19.9 Å². The van der Waals surface area contributed by atoms with Crippen molar-refractivity contribution in [3.8, 4) is 0 Å². The maximum Gasteiger partial charge on any atom is 0.255 e. The first-order valence-electron chi connectivity index (χ1n) is 5.48. The lowest BCUT2D eigenvalue weighted by Crippen LogP contribution is -2.36. The van der Waals surface area contributed by atoms with E-state index in [1.54, 1.807) is 12.3 Å². The summed E-state index contributed by atoms with van der Waals surface area (Å²) in [6.07, 6.45) is 3.04. The molecule has 4 N–H and O–H groups in total. The van der Waals surface area contributed by atoms with Gasteiger partial charge in [0.15, 0.2) is 0 Å². The van der Waals surface area contributed by atoms with Crippen LogP contribution in [0.1, 0.15) is 24.2 Å². The number of carbonyl (C=O) groups is 1. The van der Waals surface area contributed by atoms with Crippen molar-refractivity contribution in [1.29, 1.82) is 0 Å². The van der Waals surface area contributed by atoms with Crippen molar-refractivity contribution in [2.24, 2.45) is 5.84 Å². The highest BCUT2D eigenvalue weighted by Gasteiger charge is 2.13. The first-order valence-corrected chi connectivity index (χ1v) is 5.48. The predicted molar refractivity (Wildman–Crippen MR) is 65.5 cm³/mol. The van der Waals surface area contributed by atoms with Gasteiger partial charge in [-0.1, -0.05) is 0 Å². The number of carbonyl (C=O) groups excluding carboxylic acids is 1. The summed E-state index contributed by atoms with van der Waals surface area (Å²) in [5, 5.41) is 2.81. The lowest BCUT2D eigenvalue weighted by molar-refractivity contribution is 0.0872. The summed E-state index contributed by atoms with van der Waals surface area (Å²) in [6.45, 7) is 4.89. The number of aromatic nitrogens is 1. The highest BCUT2D eigenvalue weighted by Crippen LogP contribution is 2.11. The van der Waals surface area contributed by atoms with Crippen LogP contribution in [0.15, 0.2) is 18.5 Å². The van der Waals surface area contributed by atoms with Gasteiger partial charge in [-0.3, -0.25) is 15.6 Å². The van der Waals surface area contributed by atoms with E-state index in [1.165, 1.54) is 6.20 Å². The molecule has 0 radical (unpaired) electrons. The monoisotopic (exact) mass is 238 g/mol. The largest absolute Gasteiger partial charge is 0.380 e. The number of ether oxygens (including phenoxy) is 1. The molecular formula is C11H18N4O2. The summed E-state index contributed by atoms with van der Waals surface area (Å²) in [5.74, 6) is 5.09. The van der Waals surface area contributed by atoms with Gasteiger partial charge < -0.3 is 15.5 Å². The molecule has 0 fully saturated rings. The number of hydrazine groups is 1. The minimum atomic E-state index is -0.224. The second kappa shape index (κ2) is 6.82. The highest BCUT2D eigenvalue weighted by molar-refractivity contribution is 5.99. The van der Waals surface area contributed by atoms with E-state index in [0.29, 0.717) is 24.5 Å². The van der Waals surface area contributed by atoms with Crippen LogP contribution in [0.4, 0.5) is 5.69 Å². The summed E-state index contributed by atoms with van der Waals surface area (Å²) < 4.78 is 5.22. The fourth-order valence-electron chi connectivity index (χ4n) is 1.34. The second-order valence-corrected chi connectivity index (χ2v) is 3.60. The van der Waals surface area contributed by atoms with E-state index in [1.807, 2.05) is 13.8 Å². The number of rotatable bonds is 6. The van der Waals surface area contributed by atoms with Gasteiger partial charge in [-0.2, -0.15) is 0 Å². The zero-order chi connectivity index (χ0) is 12.7. The summed E-state index contributed by atoms with van der Waals surface area (Å²) in [4.78, 5) is 15.8. The molecule has 94 valence electrons. The molecule has 1 atom stereocenters. The van der Waals surface area contributed by atoms with Crippen LogP contribution in [0.3, 0.4) is 0 Å². The summed E-state index contributed by atoms with van der Waals surface area (Å²) in [6, 6.07) is 1.58. The van der Waals surface area contributed by atoms with Gasteiger partial charge in [0.2, 0.25) is 0 Å². The van der Waals surface area contributed by atoms with E-state index < -0.39 is 0 Å². The Hall–Kier alpha value is -1.66. The van der Waals surface area contributed by atoms with E-state index in [9.17, 15) is 4.79 Å². The molecule has 1 aromatic rings. The summed E-state index contributed by atoms with van der Waals surface area (Å²) in [7, 11) is 0. The van der Waals surface area contributed by atoms with E-state index >= 15 is 0 Å². The summed E-state index contributed by atoms with van der Waals surface area (Å²) in [5.41, 5.74) is 3.42. The first kappa shape index (κ1) is 13.4. The molecular weight excluding hydrogens is 220 g/mol.